The van der Waals surface area contributed by atoms with Crippen molar-refractivity contribution in [3.63, 3.8) is 0 Å². The first-order chi connectivity index (χ1) is 13.7. The Hall–Kier alpha value is -2.51. The standard InChI is InChI=1S/C21H26N2O5/c1-26-10-11-28-20-5-3-2-4-16(20)12-18(24)13-17-14-19(25)15-21(22-17)23-6-8-27-9-7-23/h2-5,15H,6-14H2,1H3. The number of carbonyl (C=O) groups is 2. The molecule has 2 aliphatic rings. The van der Waals surface area contributed by atoms with E-state index in [0.717, 1.165) is 5.56 Å². The average molecular weight is 386 g/mol. The van der Waals surface area contributed by atoms with E-state index >= 15 is 0 Å². The van der Waals surface area contributed by atoms with Crippen molar-refractivity contribution < 1.29 is 23.8 Å². The van der Waals surface area contributed by atoms with Crippen LogP contribution in [-0.2, 0) is 25.5 Å². The highest BCUT2D eigenvalue weighted by Gasteiger charge is 2.22. The van der Waals surface area contributed by atoms with E-state index in [0.29, 0.717) is 56.8 Å². The van der Waals surface area contributed by atoms with E-state index in [-0.39, 0.29) is 30.8 Å². The van der Waals surface area contributed by atoms with Crippen LogP contribution in [0.3, 0.4) is 0 Å². The molecule has 2 heterocycles. The minimum Gasteiger partial charge on any atom is -0.491 e. The second kappa shape index (κ2) is 10.1. The number of hydrogen-bond donors (Lipinski definition) is 0. The number of allylic oxidation sites excluding steroid dienone is 1. The van der Waals surface area contributed by atoms with Crippen molar-refractivity contribution in [2.45, 2.75) is 19.3 Å². The maximum Gasteiger partial charge on any atom is 0.164 e. The van der Waals surface area contributed by atoms with E-state index in [9.17, 15) is 9.59 Å². The second-order valence-electron chi connectivity index (χ2n) is 6.76. The van der Waals surface area contributed by atoms with Gasteiger partial charge in [0.15, 0.2) is 5.78 Å². The van der Waals surface area contributed by atoms with Crippen LogP contribution in [0.1, 0.15) is 18.4 Å². The summed E-state index contributed by atoms with van der Waals surface area (Å²) in [7, 11) is 1.62. The summed E-state index contributed by atoms with van der Waals surface area (Å²) in [5, 5.41) is 0. The normalized spacial score (nSPS) is 17.2. The number of rotatable bonds is 9. The number of Topliss-reactive ketones (excluding diaryl/α,β-unsaturated/α-hetero) is 1. The van der Waals surface area contributed by atoms with Gasteiger partial charge in [-0.25, -0.2) is 4.99 Å². The molecule has 1 aromatic rings. The Morgan fingerprint density at radius 2 is 1.96 bits per heavy atom. The highest BCUT2D eigenvalue weighted by molar-refractivity contribution is 6.14. The largest absolute Gasteiger partial charge is 0.491 e. The molecule has 0 aromatic heterocycles. The Labute approximate surface area is 165 Å². The third-order valence-electron chi connectivity index (χ3n) is 4.58. The molecule has 0 aliphatic carbocycles. The van der Waals surface area contributed by atoms with E-state index in [1.807, 2.05) is 29.2 Å². The van der Waals surface area contributed by atoms with Crippen LogP contribution in [0.2, 0.25) is 0 Å². The van der Waals surface area contributed by atoms with Gasteiger partial charge in [0.1, 0.15) is 24.0 Å². The third-order valence-corrected chi connectivity index (χ3v) is 4.58. The van der Waals surface area contributed by atoms with Gasteiger partial charge in [0.25, 0.3) is 0 Å². The molecule has 7 heteroatoms. The van der Waals surface area contributed by atoms with E-state index in [2.05, 4.69) is 4.99 Å². The van der Waals surface area contributed by atoms with Crippen LogP contribution in [0.15, 0.2) is 41.2 Å². The fourth-order valence-electron chi connectivity index (χ4n) is 3.21. The number of methoxy groups -OCH3 is 1. The lowest BCUT2D eigenvalue weighted by Crippen LogP contribution is -2.36. The van der Waals surface area contributed by atoms with Crippen LogP contribution in [0.4, 0.5) is 0 Å². The summed E-state index contributed by atoms with van der Waals surface area (Å²) in [5.41, 5.74) is 1.45. The van der Waals surface area contributed by atoms with Crippen molar-refractivity contribution in [1.29, 1.82) is 0 Å². The Bertz CT molecular complexity index is 766. The van der Waals surface area contributed by atoms with Gasteiger partial charge >= 0.3 is 0 Å². The lowest BCUT2D eigenvalue weighted by Gasteiger charge is -2.30. The Balaban J connectivity index is 1.62. The number of nitrogens with zero attached hydrogens (tertiary/aromatic N) is 2. The van der Waals surface area contributed by atoms with Gasteiger partial charge in [-0.3, -0.25) is 9.59 Å². The van der Waals surface area contributed by atoms with Crippen LogP contribution in [0, 0.1) is 0 Å². The Morgan fingerprint density at radius 1 is 1.18 bits per heavy atom. The number of carbonyl (C=O) groups excluding carboxylic acids is 2. The summed E-state index contributed by atoms with van der Waals surface area (Å²) in [6.45, 7) is 3.56. The first-order valence-electron chi connectivity index (χ1n) is 9.50. The third kappa shape index (κ3) is 5.74. The van der Waals surface area contributed by atoms with Crippen molar-refractivity contribution >= 4 is 17.3 Å². The summed E-state index contributed by atoms with van der Waals surface area (Å²) in [5.74, 6) is 1.33. The van der Waals surface area contributed by atoms with Crippen LogP contribution in [-0.4, -0.2) is 68.8 Å². The molecule has 1 saturated heterocycles. The Morgan fingerprint density at radius 3 is 2.75 bits per heavy atom. The molecule has 0 saturated carbocycles. The van der Waals surface area contributed by atoms with Gasteiger partial charge in [0.2, 0.25) is 0 Å². The molecular formula is C21H26N2O5. The molecule has 0 radical (unpaired) electrons. The minimum atomic E-state index is -0.0115. The molecular weight excluding hydrogens is 360 g/mol. The van der Waals surface area contributed by atoms with Crippen LogP contribution in [0.5, 0.6) is 5.75 Å². The first kappa shape index (κ1) is 20.2. The molecule has 7 nitrogen and oxygen atoms in total. The number of aliphatic imine (C=N–C) groups is 1. The lowest BCUT2D eigenvalue weighted by molar-refractivity contribution is -0.117. The minimum absolute atomic E-state index is 0.0115. The monoisotopic (exact) mass is 386 g/mol. The van der Waals surface area contributed by atoms with Crippen molar-refractivity contribution in [1.82, 2.24) is 4.90 Å². The topological polar surface area (TPSA) is 77.4 Å². The molecule has 1 fully saturated rings. The Kier molecular flexibility index (Phi) is 7.33. The number of benzene rings is 1. The molecule has 3 rings (SSSR count). The summed E-state index contributed by atoms with van der Waals surface area (Å²) < 4.78 is 16.0. The molecule has 0 N–H and O–H groups in total. The molecule has 0 bridgehead atoms. The second-order valence-corrected chi connectivity index (χ2v) is 6.76. The smallest absolute Gasteiger partial charge is 0.164 e. The molecule has 150 valence electrons. The quantitative estimate of drug-likeness (QED) is 0.603. The number of ketones is 2. The maximum atomic E-state index is 12.6. The molecule has 2 aliphatic heterocycles. The lowest BCUT2D eigenvalue weighted by atomic mass is 10.0. The zero-order valence-corrected chi connectivity index (χ0v) is 16.2. The molecule has 28 heavy (non-hydrogen) atoms. The highest BCUT2D eigenvalue weighted by Crippen LogP contribution is 2.21. The molecule has 0 unspecified atom stereocenters. The van der Waals surface area contributed by atoms with Crippen LogP contribution >= 0.6 is 0 Å². The van der Waals surface area contributed by atoms with E-state index in [4.69, 9.17) is 14.2 Å². The summed E-state index contributed by atoms with van der Waals surface area (Å²) in [6.07, 6.45) is 2.18. The zero-order chi connectivity index (χ0) is 19.8. The maximum absolute atomic E-state index is 12.6. The first-order valence-corrected chi connectivity index (χ1v) is 9.50. The number of hydrogen-bond acceptors (Lipinski definition) is 7. The molecule has 0 atom stereocenters. The summed E-state index contributed by atoms with van der Waals surface area (Å²) >= 11 is 0. The number of ether oxygens (including phenoxy) is 3. The van der Waals surface area contributed by atoms with Gasteiger partial charge in [-0.15, -0.1) is 0 Å². The van der Waals surface area contributed by atoms with Gasteiger partial charge in [0.05, 0.1) is 19.8 Å². The number of morpholine rings is 1. The van der Waals surface area contributed by atoms with Gasteiger partial charge < -0.3 is 19.1 Å². The van der Waals surface area contributed by atoms with E-state index in [1.54, 1.807) is 13.2 Å². The predicted octanol–water partition coefficient (Wildman–Crippen LogP) is 1.80. The van der Waals surface area contributed by atoms with E-state index in [1.165, 1.54) is 0 Å². The molecule has 1 aromatic carbocycles. The van der Waals surface area contributed by atoms with Crippen LogP contribution in [0.25, 0.3) is 0 Å². The van der Waals surface area contributed by atoms with Crippen LogP contribution < -0.4 is 4.74 Å². The summed E-state index contributed by atoms with van der Waals surface area (Å²) in [4.78, 5) is 31.3. The SMILES string of the molecule is COCCOc1ccccc1CC(=O)CC1=NC(N2CCOCC2)=CC(=O)C1. The molecule has 0 spiro atoms. The van der Waals surface area contributed by atoms with Crippen molar-refractivity contribution in [3.05, 3.63) is 41.7 Å². The fourth-order valence-corrected chi connectivity index (χ4v) is 3.21. The number of para-hydroxylation sites is 1. The average Bonchev–Trinajstić information content (AvgIpc) is 2.69. The van der Waals surface area contributed by atoms with Gasteiger partial charge in [0, 0.05) is 56.8 Å². The zero-order valence-electron chi connectivity index (χ0n) is 16.2. The van der Waals surface area contributed by atoms with Crippen molar-refractivity contribution in [2.75, 3.05) is 46.6 Å². The van der Waals surface area contributed by atoms with Gasteiger partial charge in [-0.2, -0.15) is 0 Å². The summed E-state index contributed by atoms with van der Waals surface area (Å²) in [6, 6.07) is 7.48. The fraction of sp³-hybridized carbons (Fsp3) is 0.476. The van der Waals surface area contributed by atoms with Crippen molar-refractivity contribution in [2.24, 2.45) is 4.99 Å². The van der Waals surface area contributed by atoms with E-state index < -0.39 is 0 Å². The van der Waals surface area contributed by atoms with Crippen molar-refractivity contribution in [3.8, 4) is 5.75 Å². The van der Waals surface area contributed by atoms with Gasteiger partial charge in [-0.05, 0) is 6.07 Å². The molecule has 0 amide bonds. The van der Waals surface area contributed by atoms with Gasteiger partial charge in [-0.1, -0.05) is 18.2 Å². The predicted molar refractivity (Wildman–Crippen MR) is 105 cm³/mol. The highest BCUT2D eigenvalue weighted by atomic mass is 16.5.